The number of carbonyl (C=O) groups is 2. The molecule has 0 spiro atoms. The molecule has 0 amide bonds. The van der Waals surface area contributed by atoms with Crippen LogP contribution in [0.25, 0.3) is 49.2 Å². The second-order valence-corrected chi connectivity index (χ2v) is 9.67. The number of nitro benzene ring substituents is 1. The molecule has 0 saturated carbocycles. The highest BCUT2D eigenvalue weighted by atomic mass is 16.6. The van der Waals surface area contributed by atoms with E-state index in [0.29, 0.717) is 16.9 Å². The van der Waals surface area contributed by atoms with Gasteiger partial charge in [-0.2, -0.15) is 10.2 Å². The number of carbonyl (C=O) groups excluding carboxylic acids is 2. The van der Waals surface area contributed by atoms with Crippen LogP contribution >= 0.6 is 0 Å². The van der Waals surface area contributed by atoms with Crippen molar-refractivity contribution in [1.29, 1.82) is 0 Å². The van der Waals surface area contributed by atoms with Crippen LogP contribution in [0.1, 0.15) is 0 Å². The monoisotopic (exact) mass is 602 g/mol. The van der Waals surface area contributed by atoms with E-state index >= 15 is 0 Å². The van der Waals surface area contributed by atoms with Crippen LogP contribution in [-0.4, -0.2) is 50.6 Å². The molecular weight excluding hydrogens is 576 g/mol. The van der Waals surface area contributed by atoms with Crippen molar-refractivity contribution >= 4 is 45.1 Å². The number of ether oxygens (including phenoxy) is 2. The third-order valence-electron chi connectivity index (χ3n) is 6.91. The van der Waals surface area contributed by atoms with E-state index < -0.39 is 10.9 Å². The molecule has 0 atom stereocenters. The Morgan fingerprint density at radius 2 is 1.24 bits per heavy atom. The number of esters is 2. The summed E-state index contributed by atoms with van der Waals surface area (Å²) in [5.41, 5.74) is 5.00. The van der Waals surface area contributed by atoms with Crippen molar-refractivity contribution in [3.8, 4) is 22.5 Å². The molecule has 4 aromatic carbocycles. The van der Waals surface area contributed by atoms with Gasteiger partial charge in [0.1, 0.15) is 18.8 Å². The molecule has 2 aromatic heterocycles. The minimum atomic E-state index is -0.447. The van der Waals surface area contributed by atoms with Gasteiger partial charge in [-0.05, 0) is 23.8 Å². The van der Waals surface area contributed by atoms with E-state index in [1.165, 1.54) is 31.0 Å². The fourth-order valence-corrected chi connectivity index (χ4v) is 4.79. The SMILES string of the molecule is COC(=O)Cn1nc(-c2cccc([N+](=O)[O-])c2)c2ccccc21.[C-]#[N+]c1cccc(-c2nn(CC(=O)OC)c3ccccc23)c1. The lowest BCUT2D eigenvalue weighted by molar-refractivity contribution is -0.384. The van der Waals surface area contributed by atoms with Gasteiger partial charge in [-0.15, -0.1) is 0 Å². The largest absolute Gasteiger partial charge is 0.468 e. The van der Waals surface area contributed by atoms with Crippen molar-refractivity contribution < 1.29 is 24.0 Å². The minimum Gasteiger partial charge on any atom is -0.468 e. The molecule has 0 fully saturated rings. The maximum absolute atomic E-state index is 11.5. The smallest absolute Gasteiger partial charge is 0.327 e. The predicted octanol–water partition coefficient (Wildman–Crippen LogP) is 6.21. The normalized spacial score (nSPS) is 10.5. The van der Waals surface area contributed by atoms with Crippen LogP contribution in [0.15, 0.2) is 97.1 Å². The standard InChI is InChI=1S/C17H13N3O2.C16H13N3O4/c1-18-13-7-5-6-12(10-13)17-14-8-3-4-9-15(14)20(19-17)11-16(21)22-2;1-23-15(20)10-18-14-8-3-2-7-13(14)16(17-18)11-5-4-6-12(9-11)19(21)22/h3-10H,11H2,2H3;2-9H,10H2,1H3. The van der Waals surface area contributed by atoms with Crippen LogP contribution in [0, 0.1) is 16.7 Å². The van der Waals surface area contributed by atoms with Gasteiger partial charge in [-0.25, -0.2) is 4.85 Å². The van der Waals surface area contributed by atoms with Gasteiger partial charge in [0.05, 0.1) is 42.4 Å². The zero-order valence-electron chi connectivity index (χ0n) is 24.3. The number of nitrogens with zero attached hydrogens (tertiary/aromatic N) is 6. The lowest BCUT2D eigenvalue weighted by Gasteiger charge is -2.01. The van der Waals surface area contributed by atoms with Gasteiger partial charge in [-0.3, -0.25) is 29.1 Å². The minimum absolute atomic E-state index is 0.00546. The number of para-hydroxylation sites is 2. The molecule has 6 aromatic rings. The van der Waals surface area contributed by atoms with E-state index in [-0.39, 0.29) is 24.7 Å². The molecule has 0 aliphatic heterocycles. The Kier molecular flexibility index (Phi) is 8.91. The van der Waals surface area contributed by atoms with E-state index in [0.717, 1.165) is 33.1 Å². The highest BCUT2D eigenvalue weighted by Crippen LogP contribution is 2.31. The number of nitro groups is 1. The average molecular weight is 603 g/mol. The fourth-order valence-electron chi connectivity index (χ4n) is 4.79. The maximum atomic E-state index is 11.5. The van der Waals surface area contributed by atoms with Gasteiger partial charge >= 0.3 is 11.9 Å². The first kappa shape index (κ1) is 30.1. The Labute approximate surface area is 257 Å². The first-order valence-corrected chi connectivity index (χ1v) is 13.6. The van der Waals surface area contributed by atoms with Gasteiger partial charge in [0.25, 0.3) is 5.69 Å². The van der Waals surface area contributed by atoms with Gasteiger partial charge in [0.2, 0.25) is 0 Å². The zero-order chi connectivity index (χ0) is 31.9. The second-order valence-electron chi connectivity index (χ2n) is 9.67. The summed E-state index contributed by atoms with van der Waals surface area (Å²) in [6.45, 7) is 7.16. The van der Waals surface area contributed by atoms with Gasteiger partial charge < -0.3 is 9.47 Å². The van der Waals surface area contributed by atoms with Crippen LogP contribution in [-0.2, 0) is 32.2 Å². The van der Waals surface area contributed by atoms with Crippen molar-refractivity contribution in [2.24, 2.45) is 0 Å². The summed E-state index contributed by atoms with van der Waals surface area (Å²) in [5, 5.41) is 21.7. The zero-order valence-corrected chi connectivity index (χ0v) is 24.3. The van der Waals surface area contributed by atoms with E-state index in [1.807, 2.05) is 60.7 Å². The summed E-state index contributed by atoms with van der Waals surface area (Å²) in [7, 11) is 2.67. The summed E-state index contributed by atoms with van der Waals surface area (Å²) >= 11 is 0. The molecule has 0 unspecified atom stereocenters. The number of hydrogen-bond acceptors (Lipinski definition) is 8. The van der Waals surface area contributed by atoms with Crippen LogP contribution in [0.2, 0.25) is 0 Å². The summed E-state index contributed by atoms with van der Waals surface area (Å²) < 4.78 is 12.6. The van der Waals surface area contributed by atoms with E-state index in [1.54, 1.807) is 28.9 Å². The molecule has 2 heterocycles. The summed E-state index contributed by atoms with van der Waals surface area (Å²) in [6.07, 6.45) is 0. The number of non-ortho nitro benzene ring substituents is 1. The van der Waals surface area contributed by atoms with Crippen molar-refractivity contribution in [1.82, 2.24) is 19.6 Å². The predicted molar refractivity (Wildman–Crippen MR) is 167 cm³/mol. The Morgan fingerprint density at radius 3 is 1.73 bits per heavy atom. The topological polar surface area (TPSA) is 136 Å². The number of hydrogen-bond donors (Lipinski definition) is 0. The van der Waals surface area contributed by atoms with Crippen LogP contribution in [0.4, 0.5) is 11.4 Å². The molecule has 0 radical (unpaired) electrons. The molecule has 0 aliphatic rings. The number of methoxy groups -OCH3 is 2. The van der Waals surface area contributed by atoms with E-state index in [2.05, 4.69) is 19.8 Å². The van der Waals surface area contributed by atoms with Crippen molar-refractivity contribution in [2.45, 2.75) is 13.1 Å². The molecule has 224 valence electrons. The Balaban J connectivity index is 0.000000178. The van der Waals surface area contributed by atoms with Crippen molar-refractivity contribution in [2.75, 3.05) is 14.2 Å². The molecule has 6 rings (SSSR count). The van der Waals surface area contributed by atoms with Gasteiger partial charge in [-0.1, -0.05) is 66.7 Å². The van der Waals surface area contributed by atoms with E-state index in [9.17, 15) is 19.7 Å². The van der Waals surface area contributed by atoms with Crippen LogP contribution < -0.4 is 0 Å². The van der Waals surface area contributed by atoms with Crippen molar-refractivity contribution in [3.05, 3.63) is 119 Å². The molecule has 12 nitrogen and oxygen atoms in total. The number of benzene rings is 4. The third kappa shape index (κ3) is 6.52. The van der Waals surface area contributed by atoms with Crippen LogP contribution in [0.5, 0.6) is 0 Å². The summed E-state index contributed by atoms with van der Waals surface area (Å²) in [4.78, 5) is 37.0. The lowest BCUT2D eigenvalue weighted by Crippen LogP contribution is -2.12. The highest BCUT2D eigenvalue weighted by molar-refractivity contribution is 5.95. The number of fused-ring (bicyclic) bond motifs is 2. The Hall–Kier alpha value is -6.35. The lowest BCUT2D eigenvalue weighted by atomic mass is 10.1. The molecule has 12 heteroatoms. The molecule has 0 N–H and O–H groups in total. The van der Waals surface area contributed by atoms with Gasteiger partial charge in [0.15, 0.2) is 5.69 Å². The second kappa shape index (κ2) is 13.3. The average Bonchev–Trinajstić information content (AvgIpc) is 3.63. The third-order valence-corrected chi connectivity index (χ3v) is 6.91. The Bertz CT molecular complexity index is 2090. The quantitative estimate of drug-likeness (QED) is 0.0911. The molecule has 0 saturated heterocycles. The summed E-state index contributed by atoms with van der Waals surface area (Å²) in [5.74, 6) is -0.765. The molecule has 45 heavy (non-hydrogen) atoms. The van der Waals surface area contributed by atoms with Gasteiger partial charge in [0, 0.05) is 28.5 Å². The number of aromatic nitrogens is 4. The summed E-state index contributed by atoms with van der Waals surface area (Å²) in [6, 6.07) is 28.6. The first-order valence-electron chi connectivity index (χ1n) is 13.6. The van der Waals surface area contributed by atoms with Crippen LogP contribution in [0.3, 0.4) is 0 Å². The first-order chi connectivity index (χ1) is 21.8. The van der Waals surface area contributed by atoms with E-state index in [4.69, 9.17) is 11.3 Å². The fraction of sp³-hybridized carbons (Fsp3) is 0.121. The molecule has 0 bridgehead atoms. The molecular formula is C33H26N6O6. The highest BCUT2D eigenvalue weighted by Gasteiger charge is 2.17. The van der Waals surface area contributed by atoms with Crippen molar-refractivity contribution in [3.63, 3.8) is 0 Å². The molecule has 0 aliphatic carbocycles. The number of rotatable bonds is 7. The Morgan fingerprint density at radius 1 is 0.756 bits per heavy atom. The maximum Gasteiger partial charge on any atom is 0.327 e.